The zero-order chi connectivity index (χ0) is 16.4. The summed E-state index contributed by atoms with van der Waals surface area (Å²) in [6.07, 6.45) is 0.826. The summed E-state index contributed by atoms with van der Waals surface area (Å²) < 4.78 is 26.1. The summed E-state index contributed by atoms with van der Waals surface area (Å²) in [6.45, 7) is 1.40. The highest BCUT2D eigenvalue weighted by Gasteiger charge is 2.41. The van der Waals surface area contributed by atoms with Gasteiger partial charge in [0.15, 0.2) is 0 Å². The molecule has 0 radical (unpaired) electrons. The maximum Gasteiger partial charge on any atom is 0.0896 e. The Hall–Kier alpha value is -1.25. The van der Waals surface area contributed by atoms with Gasteiger partial charge >= 0.3 is 0 Å². The van der Waals surface area contributed by atoms with Crippen molar-refractivity contribution in [3.05, 3.63) is 53.0 Å². The Bertz CT molecular complexity index is 699. The molecule has 0 unspecified atom stereocenters. The third-order valence-electron chi connectivity index (χ3n) is 3.74. The van der Waals surface area contributed by atoms with Gasteiger partial charge < -0.3 is 5.32 Å². The monoisotopic (exact) mass is 397 g/mol. The van der Waals surface area contributed by atoms with E-state index in [2.05, 4.69) is 21.2 Å². The topological polar surface area (TPSA) is 59.0 Å². The molecule has 2 aromatic carbocycles. The lowest BCUT2D eigenvalue weighted by Gasteiger charge is -2.43. The van der Waals surface area contributed by atoms with Gasteiger partial charge in [0.05, 0.1) is 17.1 Å². The number of anilines is 3. The van der Waals surface area contributed by atoms with Gasteiger partial charge in [0.25, 0.3) is 0 Å². The Labute approximate surface area is 146 Å². The SMILES string of the molecule is CNCCCN1c2ccccc2N(c2cccc(Br)c2)S1(O)O. The van der Waals surface area contributed by atoms with Crippen molar-refractivity contribution in [2.45, 2.75) is 6.42 Å². The number of fused-ring (bicyclic) bond motifs is 1. The predicted octanol–water partition coefficient (Wildman–Crippen LogP) is 4.60. The fourth-order valence-corrected chi connectivity index (χ4v) is 4.93. The van der Waals surface area contributed by atoms with E-state index in [4.69, 9.17) is 0 Å². The number of halogens is 1. The Morgan fingerprint density at radius 3 is 2.52 bits per heavy atom. The van der Waals surface area contributed by atoms with Crippen molar-refractivity contribution in [2.24, 2.45) is 0 Å². The molecule has 7 heteroatoms. The number of hydrogen-bond acceptors (Lipinski definition) is 5. The summed E-state index contributed by atoms with van der Waals surface area (Å²) in [5, 5.41) is 3.09. The molecule has 0 saturated heterocycles. The number of hydrogen-bond donors (Lipinski definition) is 3. The lowest BCUT2D eigenvalue weighted by atomic mass is 10.2. The van der Waals surface area contributed by atoms with Crippen LogP contribution in [0, 0.1) is 0 Å². The van der Waals surface area contributed by atoms with E-state index in [-0.39, 0.29) is 0 Å². The molecule has 0 aliphatic carbocycles. The van der Waals surface area contributed by atoms with Crippen LogP contribution in [-0.2, 0) is 0 Å². The second kappa shape index (κ2) is 6.70. The van der Waals surface area contributed by atoms with Crippen LogP contribution in [0.5, 0.6) is 0 Å². The molecule has 0 fully saturated rings. The van der Waals surface area contributed by atoms with Crippen LogP contribution in [0.1, 0.15) is 6.42 Å². The van der Waals surface area contributed by atoms with Crippen molar-refractivity contribution in [3.63, 3.8) is 0 Å². The van der Waals surface area contributed by atoms with Gasteiger partial charge in [-0.25, -0.2) is 4.31 Å². The minimum Gasteiger partial charge on any atom is -0.320 e. The highest BCUT2D eigenvalue weighted by atomic mass is 79.9. The Morgan fingerprint density at radius 1 is 1.09 bits per heavy atom. The van der Waals surface area contributed by atoms with Crippen LogP contribution in [0.25, 0.3) is 0 Å². The summed E-state index contributed by atoms with van der Waals surface area (Å²) in [7, 11) is -1.23. The van der Waals surface area contributed by atoms with E-state index in [9.17, 15) is 9.11 Å². The fraction of sp³-hybridized carbons (Fsp3) is 0.250. The minimum atomic E-state index is -3.12. The van der Waals surface area contributed by atoms with Crippen molar-refractivity contribution >= 4 is 44.0 Å². The number of para-hydroxylation sites is 2. The highest BCUT2D eigenvalue weighted by Crippen LogP contribution is 2.64. The van der Waals surface area contributed by atoms with Gasteiger partial charge in [0, 0.05) is 11.0 Å². The molecule has 0 spiro atoms. The molecule has 1 aliphatic heterocycles. The Kier molecular flexibility index (Phi) is 4.84. The summed E-state index contributed by atoms with van der Waals surface area (Å²) in [5.41, 5.74) is 2.42. The molecule has 3 N–H and O–H groups in total. The second-order valence-corrected chi connectivity index (χ2v) is 8.01. The van der Waals surface area contributed by atoms with Crippen molar-refractivity contribution < 1.29 is 9.11 Å². The lowest BCUT2D eigenvalue weighted by Crippen LogP contribution is -2.32. The van der Waals surface area contributed by atoms with E-state index in [1.54, 1.807) is 8.61 Å². The zero-order valence-electron chi connectivity index (χ0n) is 12.8. The molecule has 0 aromatic heterocycles. The first kappa shape index (κ1) is 16.6. The molecule has 124 valence electrons. The minimum absolute atomic E-state index is 0.574. The molecule has 0 amide bonds. The van der Waals surface area contributed by atoms with E-state index in [1.165, 1.54) is 0 Å². The Morgan fingerprint density at radius 2 is 1.83 bits per heavy atom. The van der Waals surface area contributed by atoms with Crippen molar-refractivity contribution in [3.8, 4) is 0 Å². The van der Waals surface area contributed by atoms with Crippen molar-refractivity contribution in [1.82, 2.24) is 5.32 Å². The van der Waals surface area contributed by atoms with Crippen LogP contribution < -0.4 is 13.9 Å². The number of benzene rings is 2. The number of nitrogens with one attached hydrogen (secondary N) is 1. The predicted molar refractivity (Wildman–Crippen MR) is 101 cm³/mol. The van der Waals surface area contributed by atoms with E-state index >= 15 is 0 Å². The van der Waals surface area contributed by atoms with Crippen molar-refractivity contribution in [2.75, 3.05) is 28.7 Å². The summed E-state index contributed by atoms with van der Waals surface area (Å²) >= 11 is 3.45. The molecule has 0 saturated carbocycles. The normalized spacial score (nSPS) is 17.2. The first-order valence-electron chi connectivity index (χ1n) is 7.41. The van der Waals surface area contributed by atoms with Crippen LogP contribution in [0.3, 0.4) is 0 Å². The second-order valence-electron chi connectivity index (χ2n) is 5.31. The first-order chi connectivity index (χ1) is 11.1. The van der Waals surface area contributed by atoms with Crippen LogP contribution in [-0.4, -0.2) is 29.2 Å². The van der Waals surface area contributed by atoms with Gasteiger partial charge in [0.2, 0.25) is 0 Å². The average Bonchev–Trinajstić information content (AvgIpc) is 2.74. The quantitative estimate of drug-likeness (QED) is 0.643. The number of rotatable bonds is 5. The van der Waals surface area contributed by atoms with E-state index < -0.39 is 11.0 Å². The average molecular weight is 398 g/mol. The molecule has 3 rings (SSSR count). The molecule has 1 heterocycles. The van der Waals surface area contributed by atoms with Crippen molar-refractivity contribution in [1.29, 1.82) is 0 Å². The van der Waals surface area contributed by atoms with E-state index in [0.717, 1.165) is 34.5 Å². The Balaban J connectivity index is 2.03. The third-order valence-corrected chi connectivity index (χ3v) is 6.10. The standard InChI is InChI=1S/C16H20BrN3O2S/c1-18-10-5-11-19-15-8-2-3-9-16(15)20(23(19,21)22)14-7-4-6-13(17)12-14/h2-4,6-9,12,18,21-22H,5,10-11H2,1H3. The first-order valence-corrected chi connectivity index (χ1v) is 9.66. The molecule has 0 bridgehead atoms. The maximum atomic E-state index is 10.9. The molecule has 23 heavy (non-hydrogen) atoms. The lowest BCUT2D eigenvalue weighted by molar-refractivity contribution is 0.483. The van der Waals surface area contributed by atoms with E-state index in [1.807, 2.05) is 55.6 Å². The molecule has 1 aliphatic rings. The van der Waals surface area contributed by atoms with Gasteiger partial charge in [-0.05, 0) is 61.3 Å². The third kappa shape index (κ3) is 3.07. The molecule has 5 nitrogen and oxygen atoms in total. The number of nitrogens with zero attached hydrogens (tertiary/aromatic N) is 2. The molecular weight excluding hydrogens is 378 g/mol. The summed E-state index contributed by atoms with van der Waals surface area (Å²) in [4.78, 5) is 0. The van der Waals surface area contributed by atoms with Gasteiger partial charge in [-0.2, -0.15) is 0 Å². The largest absolute Gasteiger partial charge is 0.320 e. The van der Waals surface area contributed by atoms with Crippen LogP contribution in [0.2, 0.25) is 0 Å². The molecular formula is C16H20BrN3O2S. The smallest absolute Gasteiger partial charge is 0.0896 e. The van der Waals surface area contributed by atoms with Gasteiger partial charge in [-0.1, -0.05) is 34.1 Å². The summed E-state index contributed by atoms with van der Waals surface area (Å²) in [5.74, 6) is 0. The molecule has 2 aromatic rings. The highest BCUT2D eigenvalue weighted by molar-refractivity contribution is 9.10. The van der Waals surface area contributed by atoms with E-state index in [0.29, 0.717) is 6.54 Å². The fourth-order valence-electron chi connectivity index (χ4n) is 2.73. The zero-order valence-corrected chi connectivity index (χ0v) is 15.2. The van der Waals surface area contributed by atoms with Gasteiger partial charge in [-0.15, -0.1) is 0 Å². The molecule has 0 atom stereocenters. The van der Waals surface area contributed by atoms with Crippen LogP contribution in [0.4, 0.5) is 17.1 Å². The van der Waals surface area contributed by atoms with Gasteiger partial charge in [0.1, 0.15) is 0 Å². The maximum absolute atomic E-state index is 10.9. The van der Waals surface area contributed by atoms with Crippen LogP contribution in [0.15, 0.2) is 53.0 Å². The van der Waals surface area contributed by atoms with Gasteiger partial charge in [-0.3, -0.25) is 13.4 Å². The summed E-state index contributed by atoms with van der Waals surface area (Å²) in [6, 6.07) is 15.3. The van der Waals surface area contributed by atoms with Crippen LogP contribution >= 0.6 is 26.9 Å².